The predicted molar refractivity (Wildman–Crippen MR) is 256 cm³/mol. The molecule has 54 heavy (non-hydrogen) atoms. The maximum Gasteiger partial charge on any atom is -0.00603 e. The topological polar surface area (TPSA) is 0 Å². The van der Waals surface area contributed by atoms with E-state index < -0.39 is 0 Å². The van der Waals surface area contributed by atoms with Crippen LogP contribution < -0.4 is 0 Å². The summed E-state index contributed by atoms with van der Waals surface area (Å²) in [5.41, 5.74) is 3.25. The minimum atomic E-state index is -0.149. The Kier molecular flexibility index (Phi) is 34.9. The first kappa shape index (κ1) is 52.1. The van der Waals surface area contributed by atoms with Crippen molar-refractivity contribution in [2.45, 2.75) is 295 Å². The Labute approximate surface area is 346 Å². The SMILES string of the molecule is CCCCCCCCCCCCCCCCCC(CC)(CC)P(Cc1ccccc1CP)C(CC)(CC)CCCCCCCCCCCCCCCCC. The number of hydrogen-bond acceptors (Lipinski definition) is 0. The smallest absolute Gasteiger partial charge is 0.00603 e. The van der Waals surface area contributed by atoms with Gasteiger partial charge in [0, 0.05) is 0 Å². The van der Waals surface area contributed by atoms with Crippen molar-refractivity contribution in [3.63, 3.8) is 0 Å². The van der Waals surface area contributed by atoms with Crippen molar-refractivity contribution >= 4 is 17.2 Å². The summed E-state index contributed by atoms with van der Waals surface area (Å²) in [6.45, 7) is 15.0. The molecule has 0 aliphatic heterocycles. The first-order valence-electron chi connectivity index (χ1n) is 25.1. The fraction of sp³-hybridized carbons (Fsp3) is 0.885. The Bertz CT molecular complexity index is 865. The van der Waals surface area contributed by atoms with Crippen LogP contribution in [-0.2, 0) is 12.3 Å². The van der Waals surface area contributed by atoms with Gasteiger partial charge in [-0.2, -0.15) is 0 Å². The van der Waals surface area contributed by atoms with E-state index in [0.717, 1.165) is 6.16 Å². The predicted octanol–water partition coefficient (Wildman–Crippen LogP) is 19.7. The molecule has 1 rings (SSSR count). The van der Waals surface area contributed by atoms with Crippen LogP contribution in [0.4, 0.5) is 0 Å². The third-order valence-electron chi connectivity index (χ3n) is 13.9. The van der Waals surface area contributed by atoms with Crippen molar-refractivity contribution in [1.29, 1.82) is 0 Å². The Hall–Kier alpha value is 0.0800. The van der Waals surface area contributed by atoms with Crippen molar-refractivity contribution in [3.8, 4) is 0 Å². The van der Waals surface area contributed by atoms with E-state index in [0.29, 0.717) is 10.3 Å². The van der Waals surface area contributed by atoms with Crippen molar-refractivity contribution in [1.82, 2.24) is 0 Å². The molecule has 1 unspecified atom stereocenters. The average Bonchev–Trinajstić information content (AvgIpc) is 3.20. The van der Waals surface area contributed by atoms with Gasteiger partial charge in [0.05, 0.1) is 0 Å². The molecule has 1 aromatic rings. The monoisotopic (exact) mass is 787 g/mol. The van der Waals surface area contributed by atoms with Crippen LogP contribution in [0.2, 0.25) is 0 Å². The summed E-state index contributed by atoms with van der Waals surface area (Å²) in [7, 11) is 2.90. The van der Waals surface area contributed by atoms with E-state index in [2.05, 4.69) is 75.0 Å². The third kappa shape index (κ3) is 22.9. The maximum atomic E-state index is 3.05. The molecule has 0 saturated carbocycles. The highest BCUT2D eigenvalue weighted by atomic mass is 31.1. The molecule has 0 fully saturated rings. The van der Waals surface area contributed by atoms with Crippen LogP contribution in [0.1, 0.15) is 284 Å². The summed E-state index contributed by atoms with van der Waals surface area (Å²) < 4.78 is 0. The Morgan fingerprint density at radius 3 is 0.889 bits per heavy atom. The molecule has 1 aromatic carbocycles. The second-order valence-electron chi connectivity index (χ2n) is 17.8. The van der Waals surface area contributed by atoms with Gasteiger partial charge in [0.15, 0.2) is 0 Å². The van der Waals surface area contributed by atoms with Crippen LogP contribution in [0.15, 0.2) is 24.3 Å². The summed E-state index contributed by atoms with van der Waals surface area (Å²) in [5.74, 6) is 0. The zero-order valence-electron chi connectivity index (χ0n) is 38.2. The molecule has 0 spiro atoms. The zero-order chi connectivity index (χ0) is 39.4. The van der Waals surface area contributed by atoms with Gasteiger partial charge in [-0.25, -0.2) is 0 Å². The van der Waals surface area contributed by atoms with E-state index in [1.165, 1.54) is 237 Å². The summed E-state index contributed by atoms with van der Waals surface area (Å²) in [4.78, 5) is 0. The fourth-order valence-corrected chi connectivity index (χ4v) is 14.9. The van der Waals surface area contributed by atoms with E-state index in [-0.39, 0.29) is 7.92 Å². The minimum absolute atomic E-state index is 0.149. The summed E-state index contributed by atoms with van der Waals surface area (Å²) in [6, 6.07) is 9.52. The van der Waals surface area contributed by atoms with E-state index in [1.807, 2.05) is 0 Å². The molecular formula is C52H100P2. The molecular weight excluding hydrogens is 687 g/mol. The summed E-state index contributed by atoms with van der Waals surface area (Å²) >= 11 is 0. The molecule has 0 aliphatic carbocycles. The van der Waals surface area contributed by atoms with E-state index in [1.54, 1.807) is 11.1 Å². The quantitative estimate of drug-likeness (QED) is 0.0458. The Morgan fingerprint density at radius 1 is 0.370 bits per heavy atom. The van der Waals surface area contributed by atoms with Gasteiger partial charge in [-0.15, -0.1) is 9.24 Å². The average molecular weight is 787 g/mol. The molecule has 0 amide bonds. The van der Waals surface area contributed by atoms with Crippen LogP contribution in [0, 0.1) is 0 Å². The molecule has 0 saturated heterocycles. The largest absolute Gasteiger partial charge is 0.133 e. The van der Waals surface area contributed by atoms with E-state index in [4.69, 9.17) is 0 Å². The van der Waals surface area contributed by atoms with E-state index >= 15 is 0 Å². The van der Waals surface area contributed by atoms with Crippen molar-refractivity contribution in [3.05, 3.63) is 35.4 Å². The highest BCUT2D eigenvalue weighted by Crippen LogP contribution is 2.69. The highest BCUT2D eigenvalue weighted by molar-refractivity contribution is 7.60. The third-order valence-corrected chi connectivity index (χ3v) is 19.0. The molecule has 0 nitrogen and oxygen atoms in total. The lowest BCUT2D eigenvalue weighted by molar-refractivity contribution is 0.413. The molecule has 0 N–H and O–H groups in total. The van der Waals surface area contributed by atoms with Crippen molar-refractivity contribution < 1.29 is 0 Å². The molecule has 318 valence electrons. The molecule has 0 bridgehead atoms. The molecule has 1 atom stereocenters. The van der Waals surface area contributed by atoms with Gasteiger partial charge < -0.3 is 0 Å². The molecule has 0 aliphatic rings. The van der Waals surface area contributed by atoms with Crippen LogP contribution in [-0.4, -0.2) is 10.3 Å². The van der Waals surface area contributed by atoms with Crippen LogP contribution in [0.5, 0.6) is 0 Å². The van der Waals surface area contributed by atoms with E-state index in [9.17, 15) is 0 Å². The lowest BCUT2D eigenvalue weighted by Gasteiger charge is -2.52. The van der Waals surface area contributed by atoms with Crippen molar-refractivity contribution in [2.75, 3.05) is 0 Å². The Balaban J connectivity index is 2.67. The van der Waals surface area contributed by atoms with Crippen LogP contribution >= 0.6 is 17.2 Å². The lowest BCUT2D eigenvalue weighted by atomic mass is 9.92. The van der Waals surface area contributed by atoms with Gasteiger partial charge in [0.25, 0.3) is 0 Å². The second-order valence-corrected chi connectivity index (χ2v) is 21.3. The van der Waals surface area contributed by atoms with Gasteiger partial charge in [0.1, 0.15) is 0 Å². The van der Waals surface area contributed by atoms with Gasteiger partial charge in [0.2, 0.25) is 0 Å². The fourth-order valence-electron chi connectivity index (χ4n) is 9.81. The van der Waals surface area contributed by atoms with Crippen LogP contribution in [0.3, 0.4) is 0 Å². The van der Waals surface area contributed by atoms with Gasteiger partial charge in [-0.1, -0.05) is 266 Å². The highest BCUT2D eigenvalue weighted by Gasteiger charge is 2.46. The Morgan fingerprint density at radius 2 is 0.630 bits per heavy atom. The summed E-state index contributed by atoms with van der Waals surface area (Å²) in [5, 5.41) is 1.03. The molecule has 0 radical (unpaired) electrons. The molecule has 0 aromatic heterocycles. The zero-order valence-corrected chi connectivity index (χ0v) is 40.3. The number of rotatable bonds is 41. The minimum Gasteiger partial charge on any atom is -0.133 e. The summed E-state index contributed by atoms with van der Waals surface area (Å²) in [6.07, 6.45) is 54.6. The molecule has 2 heteroatoms. The van der Waals surface area contributed by atoms with Gasteiger partial charge >= 0.3 is 0 Å². The van der Waals surface area contributed by atoms with Gasteiger partial charge in [-0.05, 0) is 72.3 Å². The first-order chi connectivity index (χ1) is 26.5. The number of hydrogen-bond donors (Lipinski definition) is 0. The first-order valence-corrected chi connectivity index (χ1v) is 27.4. The van der Waals surface area contributed by atoms with Crippen molar-refractivity contribution in [2.24, 2.45) is 0 Å². The molecule has 0 heterocycles. The number of unbranched alkanes of at least 4 members (excludes halogenated alkanes) is 28. The standard InChI is InChI=1S/C52H100P2/c1-7-13-15-17-19-21-23-25-27-29-31-33-35-37-41-45-51(9-3,10-4)54(48-50-44-40-39-43-49(50)47-53)52(11-5,12-6)46-42-38-36-34-32-30-28-26-24-22-20-18-16-14-8-2/h39-40,43-44H,7-38,41-42,45-48,53H2,1-6H3. The normalized spacial score (nSPS) is 12.4. The maximum absolute atomic E-state index is 3.05. The number of benzene rings is 1. The van der Waals surface area contributed by atoms with Gasteiger partial charge in [-0.3, -0.25) is 0 Å². The van der Waals surface area contributed by atoms with Crippen LogP contribution in [0.25, 0.3) is 0 Å². The second kappa shape index (κ2) is 36.2. The lowest BCUT2D eigenvalue weighted by Crippen LogP contribution is -2.38.